The van der Waals surface area contributed by atoms with Crippen LogP contribution in [0.15, 0.2) is 24.3 Å². The molecule has 0 spiro atoms. The van der Waals surface area contributed by atoms with Crippen molar-refractivity contribution in [1.82, 2.24) is 5.32 Å². The van der Waals surface area contributed by atoms with Gasteiger partial charge in [0.25, 0.3) is 0 Å². The normalized spacial score (nSPS) is 18.9. The maximum absolute atomic E-state index is 11.9. The van der Waals surface area contributed by atoms with E-state index in [-0.39, 0.29) is 24.2 Å². The Labute approximate surface area is 122 Å². The molecular formula is C15H18N2O4. The standard InChI is InChI=1S/C15H18N2O4/c1-9(8-14(19)20)10-2-4-11(5-3-10)16-15(21)12-6-7-13(18)17-12/h2-5,9,12H,6-8H2,1H3,(H,16,21)(H,17,18)(H,19,20)/t9?,12-/m0/s1. The van der Waals surface area contributed by atoms with Crippen molar-refractivity contribution in [2.24, 2.45) is 0 Å². The fourth-order valence-corrected chi connectivity index (χ4v) is 2.31. The van der Waals surface area contributed by atoms with E-state index in [1.807, 2.05) is 6.92 Å². The number of benzene rings is 1. The van der Waals surface area contributed by atoms with E-state index >= 15 is 0 Å². The number of carbonyl (C=O) groups is 3. The monoisotopic (exact) mass is 290 g/mol. The largest absolute Gasteiger partial charge is 0.481 e. The molecule has 3 N–H and O–H groups in total. The van der Waals surface area contributed by atoms with Crippen molar-refractivity contribution in [2.75, 3.05) is 5.32 Å². The van der Waals surface area contributed by atoms with Crippen LogP contribution >= 0.6 is 0 Å². The molecule has 112 valence electrons. The summed E-state index contributed by atoms with van der Waals surface area (Å²) in [4.78, 5) is 33.7. The molecule has 1 aromatic rings. The number of carbonyl (C=O) groups excluding carboxylic acids is 2. The first-order chi connectivity index (χ1) is 9.95. The maximum atomic E-state index is 11.9. The first-order valence-corrected chi connectivity index (χ1v) is 6.87. The number of nitrogens with one attached hydrogen (secondary N) is 2. The van der Waals surface area contributed by atoms with Crippen molar-refractivity contribution in [3.63, 3.8) is 0 Å². The molecule has 1 unspecified atom stereocenters. The van der Waals surface area contributed by atoms with E-state index in [2.05, 4.69) is 10.6 Å². The van der Waals surface area contributed by atoms with Crippen molar-refractivity contribution in [2.45, 2.75) is 38.1 Å². The van der Waals surface area contributed by atoms with Crippen molar-refractivity contribution >= 4 is 23.5 Å². The third-order valence-electron chi connectivity index (χ3n) is 3.54. The molecule has 0 bridgehead atoms. The van der Waals surface area contributed by atoms with Crippen LogP contribution in [0.3, 0.4) is 0 Å². The highest BCUT2D eigenvalue weighted by atomic mass is 16.4. The van der Waals surface area contributed by atoms with Crippen LogP contribution in [0.2, 0.25) is 0 Å². The number of aliphatic carboxylic acids is 1. The summed E-state index contributed by atoms with van der Waals surface area (Å²) in [6, 6.07) is 6.61. The Hall–Kier alpha value is -2.37. The Balaban J connectivity index is 1.94. The van der Waals surface area contributed by atoms with Gasteiger partial charge in [0.05, 0.1) is 6.42 Å². The van der Waals surface area contributed by atoms with Crippen LogP contribution in [-0.4, -0.2) is 28.9 Å². The molecule has 2 atom stereocenters. The Morgan fingerprint density at radius 3 is 2.57 bits per heavy atom. The summed E-state index contributed by atoms with van der Waals surface area (Å²) in [5, 5.41) is 14.1. The van der Waals surface area contributed by atoms with Crippen molar-refractivity contribution in [3.8, 4) is 0 Å². The highest BCUT2D eigenvalue weighted by Gasteiger charge is 2.27. The van der Waals surface area contributed by atoms with Gasteiger partial charge in [-0.15, -0.1) is 0 Å². The first kappa shape index (κ1) is 15.0. The van der Waals surface area contributed by atoms with E-state index in [9.17, 15) is 14.4 Å². The lowest BCUT2D eigenvalue weighted by molar-refractivity contribution is -0.137. The molecule has 1 aliphatic heterocycles. The molecule has 0 aromatic heterocycles. The van der Waals surface area contributed by atoms with Gasteiger partial charge in [-0.2, -0.15) is 0 Å². The summed E-state index contributed by atoms with van der Waals surface area (Å²) in [7, 11) is 0. The van der Waals surface area contributed by atoms with Crippen molar-refractivity contribution < 1.29 is 19.5 Å². The third-order valence-corrected chi connectivity index (χ3v) is 3.54. The fraction of sp³-hybridized carbons (Fsp3) is 0.400. The van der Waals surface area contributed by atoms with Gasteiger partial charge in [-0.3, -0.25) is 14.4 Å². The molecule has 1 aliphatic rings. The van der Waals surface area contributed by atoms with E-state index in [4.69, 9.17) is 5.11 Å². The minimum absolute atomic E-state index is 0.0693. The predicted octanol–water partition coefficient (Wildman–Crippen LogP) is 1.48. The van der Waals surface area contributed by atoms with Crippen LogP contribution < -0.4 is 10.6 Å². The van der Waals surface area contributed by atoms with E-state index in [0.29, 0.717) is 18.5 Å². The van der Waals surface area contributed by atoms with Gasteiger partial charge < -0.3 is 15.7 Å². The van der Waals surface area contributed by atoms with Gasteiger partial charge in [0.15, 0.2) is 0 Å². The van der Waals surface area contributed by atoms with Crippen LogP contribution in [0.5, 0.6) is 0 Å². The summed E-state index contributed by atoms with van der Waals surface area (Å²) in [5.41, 5.74) is 1.54. The number of hydrogen-bond acceptors (Lipinski definition) is 3. The minimum atomic E-state index is -0.836. The van der Waals surface area contributed by atoms with Crippen molar-refractivity contribution in [1.29, 1.82) is 0 Å². The van der Waals surface area contributed by atoms with Gasteiger partial charge in [-0.25, -0.2) is 0 Å². The van der Waals surface area contributed by atoms with Gasteiger partial charge in [0, 0.05) is 12.1 Å². The van der Waals surface area contributed by atoms with E-state index < -0.39 is 12.0 Å². The number of amides is 2. The lowest BCUT2D eigenvalue weighted by atomic mass is 9.98. The molecule has 0 aliphatic carbocycles. The number of carboxylic acid groups (broad SMARTS) is 1. The Bertz CT molecular complexity index is 553. The topological polar surface area (TPSA) is 95.5 Å². The number of carboxylic acids is 1. The van der Waals surface area contributed by atoms with Crippen LogP contribution in [0.25, 0.3) is 0 Å². The minimum Gasteiger partial charge on any atom is -0.481 e. The molecule has 2 rings (SSSR count). The summed E-state index contributed by atoms with van der Waals surface area (Å²) >= 11 is 0. The van der Waals surface area contributed by atoms with Crippen LogP contribution in [0, 0.1) is 0 Å². The lowest BCUT2D eigenvalue weighted by Gasteiger charge is -2.13. The molecule has 21 heavy (non-hydrogen) atoms. The Morgan fingerprint density at radius 2 is 2.05 bits per heavy atom. The van der Waals surface area contributed by atoms with E-state index in [1.54, 1.807) is 24.3 Å². The fourth-order valence-electron chi connectivity index (χ4n) is 2.31. The van der Waals surface area contributed by atoms with Crippen LogP contribution in [0.1, 0.15) is 37.7 Å². The SMILES string of the molecule is CC(CC(=O)O)c1ccc(NC(=O)[C@@H]2CCC(=O)N2)cc1. The Kier molecular flexibility index (Phi) is 4.57. The van der Waals surface area contributed by atoms with Crippen LogP contribution in [0.4, 0.5) is 5.69 Å². The number of hydrogen-bond donors (Lipinski definition) is 3. The molecule has 6 nitrogen and oxygen atoms in total. The quantitative estimate of drug-likeness (QED) is 0.765. The zero-order valence-corrected chi connectivity index (χ0v) is 11.8. The summed E-state index contributed by atoms with van der Waals surface area (Å²) in [5.74, 6) is -1.25. The molecule has 6 heteroatoms. The zero-order valence-electron chi connectivity index (χ0n) is 11.8. The van der Waals surface area contributed by atoms with Gasteiger partial charge >= 0.3 is 5.97 Å². The summed E-state index contributed by atoms with van der Waals surface area (Å²) < 4.78 is 0. The molecular weight excluding hydrogens is 272 g/mol. The summed E-state index contributed by atoms with van der Waals surface area (Å²) in [6.45, 7) is 1.84. The lowest BCUT2D eigenvalue weighted by Crippen LogP contribution is -2.37. The average Bonchev–Trinajstić information content (AvgIpc) is 2.85. The zero-order chi connectivity index (χ0) is 15.4. The van der Waals surface area contributed by atoms with Gasteiger partial charge in [0.2, 0.25) is 11.8 Å². The molecule has 1 heterocycles. The van der Waals surface area contributed by atoms with Gasteiger partial charge in [-0.05, 0) is 30.0 Å². The molecule has 1 aromatic carbocycles. The van der Waals surface area contributed by atoms with Crippen molar-refractivity contribution in [3.05, 3.63) is 29.8 Å². The highest BCUT2D eigenvalue weighted by molar-refractivity contribution is 5.98. The molecule has 1 saturated heterocycles. The third kappa shape index (κ3) is 4.05. The number of anilines is 1. The van der Waals surface area contributed by atoms with E-state index in [0.717, 1.165) is 5.56 Å². The van der Waals surface area contributed by atoms with Crippen LogP contribution in [-0.2, 0) is 14.4 Å². The molecule has 1 fully saturated rings. The summed E-state index contributed by atoms with van der Waals surface area (Å²) in [6.07, 6.45) is 0.960. The number of rotatable bonds is 5. The molecule has 2 amide bonds. The van der Waals surface area contributed by atoms with Gasteiger partial charge in [-0.1, -0.05) is 19.1 Å². The maximum Gasteiger partial charge on any atom is 0.303 e. The Morgan fingerprint density at radius 1 is 1.38 bits per heavy atom. The van der Waals surface area contributed by atoms with Gasteiger partial charge in [0.1, 0.15) is 6.04 Å². The molecule has 0 radical (unpaired) electrons. The second-order valence-corrected chi connectivity index (χ2v) is 5.27. The second-order valence-electron chi connectivity index (χ2n) is 5.27. The first-order valence-electron chi connectivity index (χ1n) is 6.87. The average molecular weight is 290 g/mol. The predicted molar refractivity (Wildman–Crippen MR) is 76.9 cm³/mol. The second kappa shape index (κ2) is 6.39. The smallest absolute Gasteiger partial charge is 0.303 e. The highest BCUT2D eigenvalue weighted by Crippen LogP contribution is 2.21. The van der Waals surface area contributed by atoms with E-state index in [1.165, 1.54) is 0 Å². The molecule has 0 saturated carbocycles.